The molecule has 0 aromatic heterocycles. The van der Waals surface area contributed by atoms with Gasteiger partial charge in [0.1, 0.15) is 6.04 Å². The van der Waals surface area contributed by atoms with Gasteiger partial charge in [0.15, 0.2) is 0 Å². The first-order chi connectivity index (χ1) is 8.88. The molecule has 0 aliphatic carbocycles. The summed E-state index contributed by atoms with van der Waals surface area (Å²) in [7, 11) is 5.87. The number of carbonyl (C=O) groups is 1. The monoisotopic (exact) mass is 264 g/mol. The van der Waals surface area contributed by atoms with Gasteiger partial charge in [0, 0.05) is 25.8 Å². The number of hydrogen-bond acceptors (Lipinski definition) is 3. The fraction of sp³-hybridized carbons (Fsp3) is 0.533. The lowest BCUT2D eigenvalue weighted by atomic mass is 10.0. The van der Waals surface area contributed by atoms with E-state index in [1.54, 1.807) is 0 Å². The van der Waals surface area contributed by atoms with Gasteiger partial charge in [-0.25, -0.2) is 0 Å². The Bertz CT molecular complexity index is 415. The maximum atomic E-state index is 11.2. The highest BCUT2D eigenvalue weighted by Gasteiger charge is 2.25. The van der Waals surface area contributed by atoms with Gasteiger partial charge < -0.3 is 10.0 Å². The standard InChI is InChI=1S/C15H24N2O2/c1-6-14(15(18)19)17(5)11(2)12-7-9-13(10-8-12)16(3)4/h7-11,14H,6H2,1-5H3,(H,18,19). The van der Waals surface area contributed by atoms with Crippen molar-refractivity contribution in [1.29, 1.82) is 0 Å². The number of likely N-dealkylation sites (N-methyl/N-ethyl adjacent to an activating group) is 1. The van der Waals surface area contributed by atoms with E-state index in [-0.39, 0.29) is 6.04 Å². The molecule has 19 heavy (non-hydrogen) atoms. The van der Waals surface area contributed by atoms with E-state index in [1.807, 2.05) is 44.8 Å². The zero-order chi connectivity index (χ0) is 14.6. The third-order valence-corrected chi connectivity index (χ3v) is 3.67. The van der Waals surface area contributed by atoms with Crippen molar-refractivity contribution in [2.24, 2.45) is 0 Å². The number of carboxylic acid groups (broad SMARTS) is 1. The zero-order valence-electron chi connectivity index (χ0n) is 12.4. The summed E-state index contributed by atoms with van der Waals surface area (Å²) < 4.78 is 0. The summed E-state index contributed by atoms with van der Waals surface area (Å²) >= 11 is 0. The molecule has 0 bridgehead atoms. The van der Waals surface area contributed by atoms with Crippen LogP contribution in [0.1, 0.15) is 31.9 Å². The molecule has 0 aliphatic rings. The van der Waals surface area contributed by atoms with Crippen LogP contribution in [0.3, 0.4) is 0 Å². The third-order valence-electron chi connectivity index (χ3n) is 3.67. The summed E-state index contributed by atoms with van der Waals surface area (Å²) in [6, 6.07) is 7.87. The Balaban J connectivity index is 2.87. The molecule has 1 rings (SSSR count). The lowest BCUT2D eigenvalue weighted by Gasteiger charge is -2.30. The van der Waals surface area contributed by atoms with Crippen LogP contribution < -0.4 is 4.90 Å². The van der Waals surface area contributed by atoms with E-state index in [0.717, 1.165) is 11.3 Å². The van der Waals surface area contributed by atoms with E-state index in [0.29, 0.717) is 6.42 Å². The summed E-state index contributed by atoms with van der Waals surface area (Å²) in [6.45, 7) is 3.94. The largest absolute Gasteiger partial charge is 0.480 e. The second-order valence-corrected chi connectivity index (χ2v) is 5.09. The Morgan fingerprint density at radius 3 is 2.11 bits per heavy atom. The summed E-state index contributed by atoms with van der Waals surface area (Å²) in [5.74, 6) is -0.762. The van der Waals surface area contributed by atoms with E-state index in [2.05, 4.69) is 24.3 Å². The van der Waals surface area contributed by atoms with Gasteiger partial charge in [-0.2, -0.15) is 0 Å². The van der Waals surface area contributed by atoms with Gasteiger partial charge in [-0.05, 0) is 38.1 Å². The van der Waals surface area contributed by atoms with Gasteiger partial charge >= 0.3 is 5.97 Å². The number of rotatable bonds is 6. The number of anilines is 1. The first-order valence-corrected chi connectivity index (χ1v) is 6.60. The second kappa shape index (κ2) is 6.57. The first kappa shape index (κ1) is 15.5. The minimum atomic E-state index is -0.762. The zero-order valence-corrected chi connectivity index (χ0v) is 12.4. The van der Waals surface area contributed by atoms with Crippen molar-refractivity contribution in [3.63, 3.8) is 0 Å². The molecule has 0 saturated carbocycles. The fourth-order valence-electron chi connectivity index (χ4n) is 2.19. The average Bonchev–Trinajstić information content (AvgIpc) is 2.38. The van der Waals surface area contributed by atoms with E-state index in [1.165, 1.54) is 0 Å². The highest BCUT2D eigenvalue weighted by Crippen LogP contribution is 2.24. The molecule has 0 heterocycles. The van der Waals surface area contributed by atoms with Gasteiger partial charge in [0.25, 0.3) is 0 Å². The molecule has 0 fully saturated rings. The van der Waals surface area contributed by atoms with E-state index in [9.17, 15) is 9.90 Å². The van der Waals surface area contributed by atoms with Crippen LogP contribution in [-0.4, -0.2) is 43.2 Å². The van der Waals surface area contributed by atoms with Crippen LogP contribution in [0.15, 0.2) is 24.3 Å². The normalized spacial score (nSPS) is 14.2. The summed E-state index contributed by atoms with van der Waals surface area (Å²) in [5.41, 5.74) is 2.27. The maximum Gasteiger partial charge on any atom is 0.320 e. The number of benzene rings is 1. The highest BCUT2D eigenvalue weighted by molar-refractivity contribution is 5.73. The predicted octanol–water partition coefficient (Wildman–Crippen LogP) is 2.61. The van der Waals surface area contributed by atoms with Crippen LogP contribution in [0.2, 0.25) is 0 Å². The van der Waals surface area contributed by atoms with Crippen LogP contribution in [-0.2, 0) is 4.79 Å². The van der Waals surface area contributed by atoms with Crippen LogP contribution in [0, 0.1) is 0 Å². The molecule has 2 unspecified atom stereocenters. The Labute approximate surface area is 115 Å². The third kappa shape index (κ3) is 3.70. The van der Waals surface area contributed by atoms with Crippen molar-refractivity contribution in [1.82, 2.24) is 4.90 Å². The molecule has 0 spiro atoms. The topological polar surface area (TPSA) is 43.8 Å². The molecule has 4 nitrogen and oxygen atoms in total. The van der Waals surface area contributed by atoms with Gasteiger partial charge in [0.05, 0.1) is 0 Å². The summed E-state index contributed by atoms with van der Waals surface area (Å²) in [4.78, 5) is 15.2. The number of nitrogens with zero attached hydrogens (tertiary/aromatic N) is 2. The summed E-state index contributed by atoms with van der Waals surface area (Å²) in [6.07, 6.45) is 0.603. The molecular weight excluding hydrogens is 240 g/mol. The van der Waals surface area contributed by atoms with Gasteiger partial charge in [0.2, 0.25) is 0 Å². The molecule has 106 valence electrons. The Hall–Kier alpha value is -1.55. The lowest BCUT2D eigenvalue weighted by Crippen LogP contribution is -2.39. The number of hydrogen-bond donors (Lipinski definition) is 1. The van der Waals surface area contributed by atoms with Crippen molar-refractivity contribution in [2.45, 2.75) is 32.4 Å². The molecule has 2 atom stereocenters. The minimum Gasteiger partial charge on any atom is -0.480 e. The second-order valence-electron chi connectivity index (χ2n) is 5.09. The van der Waals surface area contributed by atoms with Crippen LogP contribution in [0.5, 0.6) is 0 Å². The average molecular weight is 264 g/mol. The lowest BCUT2D eigenvalue weighted by molar-refractivity contribution is -0.143. The Kier molecular flexibility index (Phi) is 5.36. The fourth-order valence-corrected chi connectivity index (χ4v) is 2.19. The summed E-state index contributed by atoms with van der Waals surface area (Å²) in [5, 5.41) is 9.21. The van der Waals surface area contributed by atoms with Crippen LogP contribution in [0.25, 0.3) is 0 Å². The predicted molar refractivity (Wildman–Crippen MR) is 78.7 cm³/mol. The Morgan fingerprint density at radius 1 is 1.21 bits per heavy atom. The van der Waals surface area contributed by atoms with Gasteiger partial charge in [-0.1, -0.05) is 19.1 Å². The molecular formula is C15H24N2O2. The molecule has 0 radical (unpaired) electrons. The van der Waals surface area contributed by atoms with Gasteiger partial charge in [-0.15, -0.1) is 0 Å². The Morgan fingerprint density at radius 2 is 1.74 bits per heavy atom. The number of aliphatic carboxylic acids is 1. The maximum absolute atomic E-state index is 11.2. The van der Waals surface area contributed by atoms with Crippen molar-refractivity contribution >= 4 is 11.7 Å². The SMILES string of the molecule is CCC(C(=O)O)N(C)C(C)c1ccc(N(C)C)cc1. The quantitative estimate of drug-likeness (QED) is 0.857. The van der Waals surface area contributed by atoms with Crippen molar-refractivity contribution in [2.75, 3.05) is 26.0 Å². The first-order valence-electron chi connectivity index (χ1n) is 6.60. The number of carboxylic acids is 1. The smallest absolute Gasteiger partial charge is 0.320 e. The van der Waals surface area contributed by atoms with Crippen molar-refractivity contribution in [3.8, 4) is 0 Å². The van der Waals surface area contributed by atoms with E-state index in [4.69, 9.17) is 0 Å². The van der Waals surface area contributed by atoms with E-state index >= 15 is 0 Å². The molecule has 1 aromatic rings. The molecule has 0 amide bonds. The molecule has 1 aromatic carbocycles. The van der Waals surface area contributed by atoms with Gasteiger partial charge in [-0.3, -0.25) is 9.69 Å². The minimum absolute atomic E-state index is 0.0808. The van der Waals surface area contributed by atoms with Crippen LogP contribution in [0.4, 0.5) is 5.69 Å². The molecule has 4 heteroatoms. The van der Waals surface area contributed by atoms with Crippen molar-refractivity contribution < 1.29 is 9.90 Å². The van der Waals surface area contributed by atoms with Crippen molar-refractivity contribution in [3.05, 3.63) is 29.8 Å². The highest BCUT2D eigenvalue weighted by atomic mass is 16.4. The molecule has 0 saturated heterocycles. The van der Waals surface area contributed by atoms with Crippen LogP contribution >= 0.6 is 0 Å². The molecule has 1 N–H and O–H groups in total. The van der Waals surface area contributed by atoms with E-state index < -0.39 is 12.0 Å². The molecule has 0 aliphatic heterocycles.